The monoisotopic (exact) mass is 131 g/mol. The number of fused-ring (bicyclic) bond motifs is 2. The molecule has 46 valence electrons. The molecule has 2 heterocycles. The van der Waals surface area contributed by atoms with E-state index >= 15 is 0 Å². The minimum Gasteiger partial charge on any atom is -0.616 e. The maximum absolute atomic E-state index is 10.9. The van der Waals surface area contributed by atoms with Gasteiger partial charge in [0.25, 0.3) is 0 Å². The Hall–Kier alpha value is 0.270. The summed E-state index contributed by atoms with van der Waals surface area (Å²) < 4.78 is 10.9. The fourth-order valence-electron chi connectivity index (χ4n) is 1.44. The lowest BCUT2D eigenvalue weighted by Gasteiger charge is -2.15. The zero-order valence-electron chi connectivity index (χ0n) is 4.59. The number of rotatable bonds is 0. The first-order valence-electron chi connectivity index (χ1n) is 2.97. The van der Waals surface area contributed by atoms with Crippen LogP contribution in [0.15, 0.2) is 0 Å². The molecule has 2 bridgehead atoms. The highest BCUT2D eigenvalue weighted by atomic mass is 32.2. The summed E-state index contributed by atoms with van der Waals surface area (Å²) >= 11 is -0.473. The molecule has 3 heteroatoms. The van der Waals surface area contributed by atoms with E-state index in [-0.39, 0.29) is 0 Å². The Balaban J connectivity index is 2.11. The Morgan fingerprint density at radius 3 is 2.75 bits per heavy atom. The maximum atomic E-state index is 10.9. The number of hydrogen-bond acceptors (Lipinski definition) is 2. The molecule has 0 saturated carbocycles. The van der Waals surface area contributed by atoms with Crippen LogP contribution in [-0.2, 0) is 11.2 Å². The van der Waals surface area contributed by atoms with Crippen molar-refractivity contribution in [1.82, 2.24) is 5.32 Å². The first-order chi connectivity index (χ1) is 3.86. The van der Waals surface area contributed by atoms with Gasteiger partial charge in [-0.2, -0.15) is 0 Å². The van der Waals surface area contributed by atoms with Crippen LogP contribution in [0.4, 0.5) is 0 Å². The SMILES string of the molecule is [O-][S+]1CC2CC1CN2. The van der Waals surface area contributed by atoms with Crippen molar-refractivity contribution in [3.8, 4) is 0 Å². The van der Waals surface area contributed by atoms with Gasteiger partial charge in [-0.25, -0.2) is 0 Å². The smallest absolute Gasteiger partial charge is 0.129 e. The summed E-state index contributed by atoms with van der Waals surface area (Å²) in [7, 11) is 0. The van der Waals surface area contributed by atoms with Crippen molar-refractivity contribution in [3.63, 3.8) is 0 Å². The van der Waals surface area contributed by atoms with Crippen LogP contribution in [-0.4, -0.2) is 28.1 Å². The van der Waals surface area contributed by atoms with Crippen LogP contribution < -0.4 is 5.32 Å². The highest BCUT2D eigenvalue weighted by Gasteiger charge is 2.42. The van der Waals surface area contributed by atoms with E-state index in [0.29, 0.717) is 11.3 Å². The molecule has 2 aliphatic heterocycles. The van der Waals surface area contributed by atoms with Gasteiger partial charge in [-0.1, -0.05) is 0 Å². The van der Waals surface area contributed by atoms with Crippen LogP contribution in [0.5, 0.6) is 0 Å². The van der Waals surface area contributed by atoms with Crippen molar-refractivity contribution in [2.45, 2.75) is 17.7 Å². The molecule has 2 nitrogen and oxygen atoms in total. The average Bonchev–Trinajstić information content (AvgIpc) is 2.23. The largest absolute Gasteiger partial charge is 0.616 e. The normalized spacial score (nSPS) is 52.9. The Morgan fingerprint density at radius 1 is 1.62 bits per heavy atom. The van der Waals surface area contributed by atoms with E-state index in [1.165, 1.54) is 0 Å². The van der Waals surface area contributed by atoms with E-state index < -0.39 is 11.2 Å². The third kappa shape index (κ3) is 0.584. The summed E-state index contributed by atoms with van der Waals surface area (Å²) in [5, 5.41) is 3.79. The summed E-state index contributed by atoms with van der Waals surface area (Å²) in [6, 6.07) is 0.598. The molecule has 0 aliphatic carbocycles. The second-order valence-corrected chi connectivity index (χ2v) is 4.27. The predicted molar refractivity (Wildman–Crippen MR) is 33.2 cm³/mol. The van der Waals surface area contributed by atoms with Gasteiger partial charge in [0.2, 0.25) is 0 Å². The van der Waals surface area contributed by atoms with Gasteiger partial charge >= 0.3 is 0 Å². The molecule has 8 heavy (non-hydrogen) atoms. The zero-order chi connectivity index (χ0) is 5.56. The molecule has 0 aromatic heterocycles. The molecule has 3 atom stereocenters. The molecule has 2 aliphatic rings. The molecule has 2 rings (SSSR count). The van der Waals surface area contributed by atoms with Crippen molar-refractivity contribution < 1.29 is 4.55 Å². The number of hydrogen-bond donors (Lipinski definition) is 1. The predicted octanol–water partition coefficient (Wildman–Crippen LogP) is -0.521. The second-order valence-electron chi connectivity index (χ2n) is 2.51. The van der Waals surface area contributed by atoms with Crippen LogP contribution in [0, 0.1) is 0 Å². The first kappa shape index (κ1) is 5.09. The highest BCUT2D eigenvalue weighted by Crippen LogP contribution is 2.25. The zero-order valence-corrected chi connectivity index (χ0v) is 5.41. The summed E-state index contributed by atoms with van der Waals surface area (Å²) in [6.07, 6.45) is 1.16. The minimum atomic E-state index is -0.473. The summed E-state index contributed by atoms with van der Waals surface area (Å²) in [6.45, 7) is 0.997. The van der Waals surface area contributed by atoms with Crippen LogP contribution in [0.3, 0.4) is 0 Å². The lowest BCUT2D eigenvalue weighted by atomic mass is 10.3. The van der Waals surface area contributed by atoms with Crippen LogP contribution in [0.1, 0.15) is 6.42 Å². The molecule has 0 amide bonds. The van der Waals surface area contributed by atoms with Gasteiger partial charge in [-0.05, 0) is 11.2 Å². The lowest BCUT2D eigenvalue weighted by molar-refractivity contribution is 0.575. The summed E-state index contributed by atoms with van der Waals surface area (Å²) in [5.41, 5.74) is 0. The molecule has 2 fully saturated rings. The number of nitrogens with one attached hydrogen (secondary N) is 1. The first-order valence-corrected chi connectivity index (χ1v) is 4.35. The van der Waals surface area contributed by atoms with Gasteiger partial charge in [-0.15, -0.1) is 0 Å². The Bertz CT molecular complexity index is 107. The average molecular weight is 131 g/mol. The Morgan fingerprint density at radius 2 is 2.50 bits per heavy atom. The van der Waals surface area contributed by atoms with Crippen LogP contribution in [0.25, 0.3) is 0 Å². The Kier molecular flexibility index (Phi) is 1.03. The van der Waals surface area contributed by atoms with Crippen LogP contribution in [0.2, 0.25) is 0 Å². The molecular formula is C5H9NOS. The van der Waals surface area contributed by atoms with E-state index in [1.807, 2.05) is 0 Å². The molecule has 0 aromatic rings. The van der Waals surface area contributed by atoms with Gasteiger partial charge in [0.05, 0.1) is 6.04 Å². The van der Waals surface area contributed by atoms with Crippen LogP contribution >= 0.6 is 0 Å². The maximum Gasteiger partial charge on any atom is 0.129 e. The van der Waals surface area contributed by atoms with Crippen molar-refractivity contribution in [1.29, 1.82) is 0 Å². The molecule has 0 spiro atoms. The van der Waals surface area contributed by atoms with Gasteiger partial charge in [-0.3, -0.25) is 0 Å². The Labute approximate surface area is 51.8 Å². The van der Waals surface area contributed by atoms with Crippen molar-refractivity contribution in [2.75, 3.05) is 12.3 Å². The second kappa shape index (κ2) is 1.62. The quantitative estimate of drug-likeness (QED) is 0.449. The van der Waals surface area contributed by atoms with E-state index in [2.05, 4.69) is 5.32 Å². The lowest BCUT2D eigenvalue weighted by Crippen LogP contribution is -2.35. The van der Waals surface area contributed by atoms with E-state index in [4.69, 9.17) is 0 Å². The third-order valence-corrected chi connectivity index (χ3v) is 3.75. The molecule has 1 N–H and O–H groups in total. The van der Waals surface area contributed by atoms with Gasteiger partial charge in [0.15, 0.2) is 0 Å². The fraction of sp³-hybridized carbons (Fsp3) is 1.00. The molecular weight excluding hydrogens is 122 g/mol. The third-order valence-electron chi connectivity index (χ3n) is 1.92. The summed E-state index contributed by atoms with van der Waals surface area (Å²) in [5.74, 6) is 0.907. The molecule has 2 saturated heterocycles. The fourth-order valence-corrected chi connectivity index (χ4v) is 3.10. The van der Waals surface area contributed by atoms with E-state index in [1.54, 1.807) is 0 Å². The standard InChI is InChI=1S/C5H9NOS/c7-8-3-4-1-5(8)2-6-4/h4-6H,1-3H2. The van der Waals surface area contributed by atoms with Gasteiger partial charge in [0.1, 0.15) is 11.0 Å². The topological polar surface area (TPSA) is 35.1 Å². The highest BCUT2D eigenvalue weighted by molar-refractivity contribution is 7.92. The van der Waals surface area contributed by atoms with E-state index in [0.717, 1.165) is 18.7 Å². The van der Waals surface area contributed by atoms with Gasteiger partial charge < -0.3 is 9.87 Å². The van der Waals surface area contributed by atoms with Crippen molar-refractivity contribution in [3.05, 3.63) is 0 Å². The van der Waals surface area contributed by atoms with Crippen molar-refractivity contribution >= 4 is 11.2 Å². The van der Waals surface area contributed by atoms with E-state index in [9.17, 15) is 4.55 Å². The van der Waals surface area contributed by atoms with Gasteiger partial charge in [0, 0.05) is 13.0 Å². The summed E-state index contributed by atoms with van der Waals surface area (Å²) in [4.78, 5) is 0. The molecule has 0 aromatic carbocycles. The molecule has 3 unspecified atom stereocenters. The minimum absolute atomic E-state index is 0.473. The molecule has 0 radical (unpaired) electrons. The van der Waals surface area contributed by atoms with Crippen molar-refractivity contribution in [2.24, 2.45) is 0 Å².